The molecule has 0 aliphatic rings. The van der Waals surface area contributed by atoms with Crippen molar-refractivity contribution in [2.45, 2.75) is 13.0 Å². The Hall–Kier alpha value is -1.27. The third kappa shape index (κ3) is 1.91. The minimum absolute atomic E-state index is 0.121. The fraction of sp³-hybridized carbons (Fsp3) is 0.444. The number of nitrogens with one attached hydrogen (secondary N) is 1. The molecule has 0 saturated heterocycles. The largest absolute Gasteiger partial charge is 0.307 e. The number of hydrogen-bond acceptors (Lipinski definition) is 5. The van der Waals surface area contributed by atoms with Crippen molar-refractivity contribution in [2.75, 3.05) is 7.05 Å². The summed E-state index contributed by atoms with van der Waals surface area (Å²) in [6.07, 6.45) is 3.67. The molecule has 2 aromatic rings. The first kappa shape index (κ1) is 10.3. The summed E-state index contributed by atoms with van der Waals surface area (Å²) in [5.41, 5.74) is 1.04. The van der Waals surface area contributed by atoms with E-state index in [0.717, 1.165) is 10.7 Å². The van der Waals surface area contributed by atoms with Gasteiger partial charge in [-0.15, -0.1) is 16.4 Å². The molecule has 0 fully saturated rings. The van der Waals surface area contributed by atoms with Crippen molar-refractivity contribution in [1.82, 2.24) is 25.3 Å². The van der Waals surface area contributed by atoms with Crippen LogP contribution in [0.4, 0.5) is 0 Å². The molecule has 1 N–H and O–H groups in total. The summed E-state index contributed by atoms with van der Waals surface area (Å²) in [6, 6.07) is 0.121. The molecule has 6 heteroatoms. The number of aromatic nitrogens is 4. The molecule has 2 heterocycles. The molecule has 5 nitrogen and oxygen atoms in total. The maximum Gasteiger partial charge on any atom is 0.0897 e. The average molecular weight is 223 g/mol. The Morgan fingerprint density at radius 1 is 1.47 bits per heavy atom. The zero-order valence-electron chi connectivity index (χ0n) is 8.93. The van der Waals surface area contributed by atoms with E-state index in [1.807, 2.05) is 27.2 Å². The molecule has 0 aromatic carbocycles. The number of hydrogen-bond donors (Lipinski definition) is 1. The Labute approximate surface area is 92.2 Å². The molecule has 2 rings (SSSR count). The predicted octanol–water partition coefficient (Wildman–Crippen LogP) is 0.889. The third-order valence-corrected chi connectivity index (χ3v) is 3.24. The van der Waals surface area contributed by atoms with E-state index in [1.54, 1.807) is 22.2 Å². The zero-order valence-corrected chi connectivity index (χ0v) is 9.75. The molecule has 0 amide bonds. The van der Waals surface area contributed by atoms with Gasteiger partial charge in [-0.2, -0.15) is 0 Å². The molecule has 1 atom stereocenters. The van der Waals surface area contributed by atoms with Gasteiger partial charge in [-0.05, 0) is 14.0 Å². The maximum absolute atomic E-state index is 4.25. The van der Waals surface area contributed by atoms with Crippen LogP contribution in [0.15, 0.2) is 12.4 Å². The van der Waals surface area contributed by atoms with Crippen LogP contribution in [0.5, 0.6) is 0 Å². The maximum atomic E-state index is 4.25. The highest BCUT2D eigenvalue weighted by molar-refractivity contribution is 7.11. The second-order valence-corrected chi connectivity index (χ2v) is 4.55. The highest BCUT2D eigenvalue weighted by Gasteiger charge is 2.17. The second-order valence-electron chi connectivity index (χ2n) is 3.29. The van der Waals surface area contributed by atoms with Gasteiger partial charge in [0.15, 0.2) is 0 Å². The van der Waals surface area contributed by atoms with E-state index in [2.05, 4.69) is 20.6 Å². The van der Waals surface area contributed by atoms with Crippen LogP contribution in [0.3, 0.4) is 0 Å². The molecule has 0 saturated carbocycles. The van der Waals surface area contributed by atoms with E-state index < -0.39 is 0 Å². The number of nitrogens with zero attached hydrogens (tertiary/aromatic N) is 4. The topological polar surface area (TPSA) is 55.6 Å². The summed E-state index contributed by atoms with van der Waals surface area (Å²) < 4.78 is 1.77. The van der Waals surface area contributed by atoms with Gasteiger partial charge in [0.25, 0.3) is 0 Å². The lowest BCUT2D eigenvalue weighted by atomic mass is 10.2. The van der Waals surface area contributed by atoms with Crippen LogP contribution in [-0.2, 0) is 7.05 Å². The fourth-order valence-corrected chi connectivity index (χ4v) is 2.41. The molecule has 0 aliphatic heterocycles. The Morgan fingerprint density at radius 3 is 2.73 bits per heavy atom. The van der Waals surface area contributed by atoms with Crippen LogP contribution in [0.1, 0.15) is 21.6 Å². The van der Waals surface area contributed by atoms with Crippen molar-refractivity contribution >= 4 is 11.3 Å². The van der Waals surface area contributed by atoms with Gasteiger partial charge in [0.2, 0.25) is 0 Å². The van der Waals surface area contributed by atoms with Gasteiger partial charge in [0.05, 0.1) is 22.9 Å². The number of aryl methyl sites for hydroxylation is 2. The van der Waals surface area contributed by atoms with E-state index in [-0.39, 0.29) is 6.04 Å². The van der Waals surface area contributed by atoms with Crippen molar-refractivity contribution < 1.29 is 0 Å². The van der Waals surface area contributed by atoms with E-state index in [1.165, 1.54) is 4.88 Å². The van der Waals surface area contributed by atoms with Gasteiger partial charge in [-0.1, -0.05) is 5.21 Å². The first-order chi connectivity index (χ1) is 7.22. The Kier molecular flexibility index (Phi) is 2.79. The first-order valence-electron chi connectivity index (χ1n) is 4.66. The molecular weight excluding hydrogens is 210 g/mol. The van der Waals surface area contributed by atoms with E-state index >= 15 is 0 Å². The fourth-order valence-electron chi connectivity index (χ4n) is 1.51. The monoisotopic (exact) mass is 223 g/mol. The second kappa shape index (κ2) is 4.08. The van der Waals surface area contributed by atoms with Crippen molar-refractivity contribution in [2.24, 2.45) is 7.05 Å². The predicted molar refractivity (Wildman–Crippen MR) is 58.8 cm³/mol. The minimum Gasteiger partial charge on any atom is -0.307 e. The Morgan fingerprint density at radius 2 is 2.27 bits per heavy atom. The van der Waals surface area contributed by atoms with E-state index in [4.69, 9.17) is 0 Å². The normalized spacial score (nSPS) is 13.0. The van der Waals surface area contributed by atoms with Crippen molar-refractivity contribution in [3.05, 3.63) is 28.0 Å². The summed E-state index contributed by atoms with van der Waals surface area (Å²) >= 11 is 1.68. The van der Waals surface area contributed by atoms with Gasteiger partial charge in [-0.25, -0.2) is 4.98 Å². The minimum atomic E-state index is 0.121. The van der Waals surface area contributed by atoms with Gasteiger partial charge >= 0.3 is 0 Å². The van der Waals surface area contributed by atoms with Gasteiger partial charge in [0.1, 0.15) is 0 Å². The summed E-state index contributed by atoms with van der Waals surface area (Å²) in [4.78, 5) is 5.43. The smallest absolute Gasteiger partial charge is 0.0897 e. The average Bonchev–Trinajstić information content (AvgIpc) is 2.79. The van der Waals surface area contributed by atoms with Crippen LogP contribution < -0.4 is 5.32 Å². The van der Waals surface area contributed by atoms with Gasteiger partial charge in [0, 0.05) is 18.1 Å². The van der Waals surface area contributed by atoms with Crippen LogP contribution in [0.25, 0.3) is 0 Å². The van der Waals surface area contributed by atoms with Crippen molar-refractivity contribution in [3.63, 3.8) is 0 Å². The van der Waals surface area contributed by atoms with Crippen LogP contribution in [-0.4, -0.2) is 27.0 Å². The van der Waals surface area contributed by atoms with Crippen LogP contribution >= 0.6 is 11.3 Å². The van der Waals surface area contributed by atoms with Gasteiger partial charge < -0.3 is 5.32 Å². The van der Waals surface area contributed by atoms with Crippen LogP contribution in [0.2, 0.25) is 0 Å². The van der Waals surface area contributed by atoms with Crippen LogP contribution in [0, 0.1) is 6.92 Å². The van der Waals surface area contributed by atoms with Crippen molar-refractivity contribution in [1.29, 1.82) is 0 Å². The molecule has 0 aliphatic carbocycles. The van der Waals surface area contributed by atoms with Gasteiger partial charge in [-0.3, -0.25) is 4.68 Å². The summed E-state index contributed by atoms with van der Waals surface area (Å²) in [5.74, 6) is 0. The summed E-state index contributed by atoms with van der Waals surface area (Å²) in [5, 5.41) is 12.1. The summed E-state index contributed by atoms with van der Waals surface area (Å²) in [6.45, 7) is 2.00. The first-order valence-corrected chi connectivity index (χ1v) is 5.48. The zero-order chi connectivity index (χ0) is 10.8. The lowest BCUT2D eigenvalue weighted by molar-refractivity contribution is 0.603. The molecule has 0 radical (unpaired) electrons. The molecule has 0 spiro atoms. The standard InChI is InChI=1S/C9H13N5S/c1-6-11-5-8(15-6)9(10-2)7-4-12-13-14(7)3/h4-5,9-10H,1-3H3. The molecule has 80 valence electrons. The quantitative estimate of drug-likeness (QED) is 0.839. The highest BCUT2D eigenvalue weighted by atomic mass is 32.1. The Balaban J connectivity index is 2.36. The van der Waals surface area contributed by atoms with E-state index in [0.29, 0.717) is 0 Å². The lowest BCUT2D eigenvalue weighted by Crippen LogP contribution is -2.19. The Bertz CT molecular complexity index is 447. The van der Waals surface area contributed by atoms with Crippen molar-refractivity contribution in [3.8, 4) is 0 Å². The SMILES string of the molecule is CNC(c1cnc(C)s1)c1cnnn1C. The third-order valence-electron chi connectivity index (χ3n) is 2.26. The molecular formula is C9H13N5S. The summed E-state index contributed by atoms with van der Waals surface area (Å²) in [7, 11) is 3.81. The molecule has 2 aromatic heterocycles. The molecule has 1 unspecified atom stereocenters. The number of thiazole rings is 1. The highest BCUT2D eigenvalue weighted by Crippen LogP contribution is 2.25. The molecule has 0 bridgehead atoms. The van der Waals surface area contributed by atoms with E-state index in [9.17, 15) is 0 Å². The molecule has 15 heavy (non-hydrogen) atoms. The number of rotatable bonds is 3. The lowest BCUT2D eigenvalue weighted by Gasteiger charge is -2.12.